The van der Waals surface area contributed by atoms with Gasteiger partial charge in [-0.2, -0.15) is 0 Å². The molecule has 0 aliphatic carbocycles. The van der Waals surface area contributed by atoms with E-state index in [9.17, 15) is 0 Å². The molecule has 15 aromatic rings. The molecule has 0 radical (unpaired) electrons. The van der Waals surface area contributed by atoms with Gasteiger partial charge in [0.15, 0.2) is 0 Å². The lowest BCUT2D eigenvalue weighted by molar-refractivity contribution is 1.17. The Bertz CT molecular complexity index is 4220. The van der Waals surface area contributed by atoms with Crippen LogP contribution in [0.3, 0.4) is 0 Å². The number of aromatic nitrogens is 4. The molecule has 4 nitrogen and oxygen atoms in total. The van der Waals surface area contributed by atoms with E-state index in [-0.39, 0.29) is 0 Å². The summed E-state index contributed by atoms with van der Waals surface area (Å²) in [6.07, 6.45) is 0. The van der Waals surface area contributed by atoms with Gasteiger partial charge in [0.05, 0.1) is 44.1 Å². The van der Waals surface area contributed by atoms with Gasteiger partial charge in [0, 0.05) is 86.7 Å². The normalized spacial score (nSPS) is 12.1. The summed E-state index contributed by atoms with van der Waals surface area (Å²) >= 11 is 1.89. The largest absolute Gasteiger partial charge is 0.309 e. The van der Waals surface area contributed by atoms with E-state index >= 15 is 0 Å². The van der Waals surface area contributed by atoms with Gasteiger partial charge in [-0.05, 0) is 97.1 Å². The predicted molar refractivity (Wildman–Crippen MR) is 293 cm³/mol. The van der Waals surface area contributed by atoms with Crippen molar-refractivity contribution in [3.8, 4) is 43.6 Å². The van der Waals surface area contributed by atoms with Crippen LogP contribution in [0.4, 0.5) is 0 Å². The minimum absolute atomic E-state index is 1.14. The zero-order valence-corrected chi connectivity index (χ0v) is 38.1. The Morgan fingerprint density at radius 3 is 0.855 bits per heavy atom. The lowest BCUT2D eigenvalue weighted by Gasteiger charge is -2.14. The molecule has 0 amide bonds. The Kier molecular flexibility index (Phi) is 8.20. The van der Waals surface area contributed by atoms with Gasteiger partial charge < -0.3 is 18.3 Å². The molecule has 0 bridgehead atoms. The lowest BCUT2D eigenvalue weighted by atomic mass is 10.0. The van der Waals surface area contributed by atoms with Crippen molar-refractivity contribution in [1.29, 1.82) is 0 Å². The molecular formula is C64H40N4S. The van der Waals surface area contributed by atoms with Gasteiger partial charge in [-0.15, -0.1) is 11.3 Å². The molecule has 0 aliphatic heterocycles. The molecule has 69 heavy (non-hydrogen) atoms. The molecule has 0 aliphatic rings. The summed E-state index contributed by atoms with van der Waals surface area (Å²) in [4.78, 5) is 2.44. The molecule has 0 atom stereocenters. The number of fused-ring (bicyclic) bond motifs is 14. The lowest BCUT2D eigenvalue weighted by Crippen LogP contribution is -1.97. The van der Waals surface area contributed by atoms with Crippen LogP contribution >= 0.6 is 11.3 Å². The Labute approximate surface area is 401 Å². The monoisotopic (exact) mass is 896 g/mol. The van der Waals surface area contributed by atoms with E-state index in [1.807, 2.05) is 11.3 Å². The van der Waals surface area contributed by atoms with Crippen LogP contribution in [0.15, 0.2) is 243 Å². The fourth-order valence-electron chi connectivity index (χ4n) is 11.6. The minimum Gasteiger partial charge on any atom is -0.309 e. The van der Waals surface area contributed by atoms with Crippen LogP contribution < -0.4 is 0 Å². The predicted octanol–water partition coefficient (Wildman–Crippen LogP) is 17.5. The Balaban J connectivity index is 1.09. The molecule has 5 aromatic heterocycles. The van der Waals surface area contributed by atoms with Crippen LogP contribution in [-0.2, 0) is 0 Å². The van der Waals surface area contributed by atoms with E-state index in [1.165, 1.54) is 108 Å². The molecule has 0 unspecified atom stereocenters. The topological polar surface area (TPSA) is 19.7 Å². The number of para-hydroxylation sites is 8. The Hall–Kier alpha value is -8.90. The molecule has 10 aromatic carbocycles. The molecule has 5 heteroatoms. The van der Waals surface area contributed by atoms with Crippen LogP contribution in [0.2, 0.25) is 0 Å². The summed E-state index contributed by atoms with van der Waals surface area (Å²) in [5, 5.41) is 9.92. The zero-order valence-electron chi connectivity index (χ0n) is 37.3. The van der Waals surface area contributed by atoms with E-state index in [0.717, 1.165) is 22.7 Å². The van der Waals surface area contributed by atoms with Crippen LogP contribution in [0.5, 0.6) is 0 Å². The van der Waals surface area contributed by atoms with Crippen molar-refractivity contribution in [1.82, 2.24) is 18.3 Å². The smallest absolute Gasteiger partial charge is 0.0649 e. The van der Waals surface area contributed by atoms with Gasteiger partial charge in [-0.3, -0.25) is 0 Å². The van der Waals surface area contributed by atoms with Crippen LogP contribution in [-0.4, -0.2) is 18.3 Å². The molecule has 15 rings (SSSR count). The molecule has 5 heterocycles. The maximum absolute atomic E-state index is 2.50. The van der Waals surface area contributed by atoms with Crippen molar-refractivity contribution in [2.75, 3.05) is 0 Å². The highest BCUT2D eigenvalue weighted by Crippen LogP contribution is 2.51. The second-order valence-electron chi connectivity index (χ2n) is 18.0. The number of rotatable bonds is 6. The zero-order chi connectivity index (χ0) is 45.2. The Morgan fingerprint density at radius 1 is 0.232 bits per heavy atom. The average molecular weight is 897 g/mol. The van der Waals surface area contributed by atoms with Gasteiger partial charge in [0.2, 0.25) is 0 Å². The third-order valence-electron chi connectivity index (χ3n) is 14.3. The first-order valence-corrected chi connectivity index (χ1v) is 24.4. The highest BCUT2D eigenvalue weighted by atomic mass is 32.1. The number of thiophene rings is 1. The second-order valence-corrected chi connectivity index (χ2v) is 19.1. The fourth-order valence-corrected chi connectivity index (χ4v) is 12.6. The van der Waals surface area contributed by atoms with Crippen LogP contribution in [0.25, 0.3) is 131 Å². The number of hydrogen-bond acceptors (Lipinski definition) is 1. The maximum Gasteiger partial charge on any atom is 0.0649 e. The van der Waals surface area contributed by atoms with E-state index in [0.29, 0.717) is 0 Å². The summed E-state index contributed by atoms with van der Waals surface area (Å²) in [5.74, 6) is 0. The molecule has 0 saturated carbocycles. The molecule has 322 valence electrons. The first kappa shape index (κ1) is 38.2. The standard InChI is InChI=1S/C64H40N4S/c1-5-21-41(22-6-1)65-53-33-17-13-29-45(53)49-39-51(63-59(61(49)65)47-31-15-19-35-55(47)67(63)43-25-9-3-10-26-43)57-37-38-58(69-57)52-40-50-46-30-14-18-34-54(46)66(42-23-7-2-8-24-42)62(50)60-48-32-16-20-36-56(48)68(64(52)60)44-27-11-4-12-28-44/h1-40H. The van der Waals surface area contributed by atoms with Gasteiger partial charge in [0.1, 0.15) is 0 Å². The first-order chi connectivity index (χ1) is 34.3. The Morgan fingerprint density at radius 2 is 0.507 bits per heavy atom. The van der Waals surface area contributed by atoms with Crippen molar-refractivity contribution >= 4 is 98.6 Å². The third kappa shape index (κ3) is 5.45. The SMILES string of the molecule is c1ccc(-n2c3ccccc3c3c2c(-c2ccc(-c4cc5c6ccccc6n(-c6ccccc6)c5c5c6ccccc6n(-c6ccccc6)c45)s2)cc2c4ccccc4n(-c4ccccc4)c23)cc1. The molecule has 0 spiro atoms. The van der Waals surface area contributed by atoms with E-state index < -0.39 is 0 Å². The summed E-state index contributed by atoms with van der Waals surface area (Å²) < 4.78 is 9.97. The summed E-state index contributed by atoms with van der Waals surface area (Å²) in [5.41, 5.74) is 16.6. The molecule has 0 fully saturated rings. The van der Waals surface area contributed by atoms with Gasteiger partial charge >= 0.3 is 0 Å². The third-order valence-corrected chi connectivity index (χ3v) is 15.5. The minimum atomic E-state index is 1.14. The van der Waals surface area contributed by atoms with Gasteiger partial charge in [-0.1, -0.05) is 146 Å². The fraction of sp³-hybridized carbons (Fsp3) is 0. The van der Waals surface area contributed by atoms with Crippen LogP contribution in [0.1, 0.15) is 0 Å². The number of nitrogens with zero attached hydrogens (tertiary/aromatic N) is 4. The highest BCUT2D eigenvalue weighted by Gasteiger charge is 2.28. The van der Waals surface area contributed by atoms with Crippen molar-refractivity contribution < 1.29 is 0 Å². The van der Waals surface area contributed by atoms with Crippen molar-refractivity contribution in [2.45, 2.75) is 0 Å². The summed E-state index contributed by atoms with van der Waals surface area (Å²) in [6.45, 7) is 0. The van der Waals surface area contributed by atoms with Crippen molar-refractivity contribution in [2.24, 2.45) is 0 Å². The van der Waals surface area contributed by atoms with E-state index in [1.54, 1.807) is 0 Å². The summed E-state index contributed by atoms with van der Waals surface area (Å²) in [7, 11) is 0. The van der Waals surface area contributed by atoms with Crippen molar-refractivity contribution in [3.63, 3.8) is 0 Å². The maximum atomic E-state index is 2.50. The molecule has 0 N–H and O–H groups in total. The molecular weight excluding hydrogens is 857 g/mol. The quantitative estimate of drug-likeness (QED) is 0.158. The van der Waals surface area contributed by atoms with Crippen molar-refractivity contribution in [3.05, 3.63) is 243 Å². The highest BCUT2D eigenvalue weighted by molar-refractivity contribution is 7.19. The average Bonchev–Trinajstić information content (AvgIpc) is 4.25. The molecule has 0 saturated heterocycles. The number of benzene rings is 10. The van der Waals surface area contributed by atoms with Gasteiger partial charge in [0.25, 0.3) is 0 Å². The van der Waals surface area contributed by atoms with Gasteiger partial charge in [-0.25, -0.2) is 0 Å². The van der Waals surface area contributed by atoms with E-state index in [2.05, 4.69) is 261 Å². The second kappa shape index (κ2) is 14.8. The first-order valence-electron chi connectivity index (χ1n) is 23.6. The van der Waals surface area contributed by atoms with E-state index in [4.69, 9.17) is 0 Å². The van der Waals surface area contributed by atoms with Crippen LogP contribution in [0, 0.1) is 0 Å². The number of hydrogen-bond donors (Lipinski definition) is 0. The summed E-state index contributed by atoms with van der Waals surface area (Å²) in [6, 6.07) is 89.0.